The van der Waals surface area contributed by atoms with Crippen LogP contribution in [0, 0.1) is 6.92 Å². The molecule has 0 unspecified atom stereocenters. The van der Waals surface area contributed by atoms with Gasteiger partial charge in [-0.1, -0.05) is 36.4 Å². The van der Waals surface area contributed by atoms with Gasteiger partial charge in [-0.05, 0) is 48.6 Å². The van der Waals surface area contributed by atoms with Gasteiger partial charge in [-0.25, -0.2) is 4.98 Å². The Kier molecular flexibility index (Phi) is 9.64. The number of aryl methyl sites for hydroxylation is 2. The number of benzene rings is 2. The van der Waals surface area contributed by atoms with Crippen molar-refractivity contribution < 1.29 is 28.6 Å². The summed E-state index contributed by atoms with van der Waals surface area (Å²) in [6.07, 6.45) is 1.12. The minimum Gasteiger partial charge on any atom is -0.493 e. The van der Waals surface area contributed by atoms with Crippen LogP contribution in [-0.4, -0.2) is 34.4 Å². The number of Topliss-reactive ketones (excluding diaryl/α,β-unsaturated/α-hetero) is 1. The third kappa shape index (κ3) is 8.12. The quantitative estimate of drug-likeness (QED) is 0.197. The van der Waals surface area contributed by atoms with E-state index in [0.29, 0.717) is 36.0 Å². The maximum absolute atomic E-state index is 12.5. The first-order chi connectivity index (χ1) is 18.9. The molecule has 0 radical (unpaired) electrons. The van der Waals surface area contributed by atoms with Crippen molar-refractivity contribution in [2.24, 2.45) is 0 Å². The fourth-order valence-electron chi connectivity index (χ4n) is 4.01. The topological polar surface area (TPSA) is 119 Å². The first kappa shape index (κ1) is 27.8. The molecule has 0 spiro atoms. The molecule has 4 rings (SSSR count). The number of carbonyl (C=O) groups excluding carboxylic acids is 2. The van der Waals surface area contributed by atoms with Crippen molar-refractivity contribution in [3.63, 3.8) is 0 Å². The Balaban J connectivity index is 1.37. The zero-order chi connectivity index (χ0) is 27.6. The van der Waals surface area contributed by atoms with Crippen LogP contribution in [0.15, 0.2) is 70.5 Å². The van der Waals surface area contributed by atoms with Crippen LogP contribution in [0.1, 0.15) is 51.5 Å². The molecule has 8 nitrogen and oxygen atoms in total. The van der Waals surface area contributed by atoms with E-state index in [2.05, 4.69) is 10.3 Å². The van der Waals surface area contributed by atoms with Gasteiger partial charge in [0.05, 0.1) is 17.2 Å². The summed E-state index contributed by atoms with van der Waals surface area (Å²) in [5.41, 5.74) is 3.27. The number of thiophene rings is 1. The summed E-state index contributed by atoms with van der Waals surface area (Å²) in [5, 5.41) is 13.7. The molecule has 0 atom stereocenters. The molecule has 2 heterocycles. The first-order valence-electron chi connectivity index (χ1n) is 12.7. The number of hydrogen-bond acceptors (Lipinski definition) is 7. The highest BCUT2D eigenvalue weighted by Gasteiger charge is 2.14. The van der Waals surface area contributed by atoms with Gasteiger partial charge in [0.25, 0.3) is 0 Å². The van der Waals surface area contributed by atoms with Gasteiger partial charge in [-0.2, -0.15) is 0 Å². The third-order valence-electron chi connectivity index (χ3n) is 6.11. The van der Waals surface area contributed by atoms with Gasteiger partial charge >= 0.3 is 5.97 Å². The molecule has 0 fully saturated rings. The standard InChI is InChI=1S/C30H30N2O6S/c1-20-24(32-30(38-20)22-6-3-2-4-7-22)15-16-37-26-12-9-21(10-14-29(35)36)18-23(26)19-31-28(34)13-11-25(33)27-8-5-17-39-27/h2-9,12,17-18H,10-11,13-16,19H2,1H3,(H,31,34)(H,35,36). The number of oxazole rings is 1. The van der Waals surface area contributed by atoms with E-state index in [0.717, 1.165) is 28.1 Å². The van der Waals surface area contributed by atoms with Crippen LogP contribution in [0.3, 0.4) is 0 Å². The summed E-state index contributed by atoms with van der Waals surface area (Å²) < 4.78 is 11.9. The lowest BCUT2D eigenvalue weighted by Gasteiger charge is -2.14. The summed E-state index contributed by atoms with van der Waals surface area (Å²) in [5.74, 6) is 0.705. The van der Waals surface area contributed by atoms with Crippen LogP contribution in [-0.2, 0) is 29.0 Å². The van der Waals surface area contributed by atoms with Crippen LogP contribution in [0.2, 0.25) is 0 Å². The number of amides is 1. The van der Waals surface area contributed by atoms with E-state index in [1.54, 1.807) is 12.1 Å². The lowest BCUT2D eigenvalue weighted by atomic mass is 10.0. The van der Waals surface area contributed by atoms with Crippen molar-refractivity contribution in [2.45, 2.75) is 45.6 Å². The molecule has 0 saturated heterocycles. The van der Waals surface area contributed by atoms with Crippen LogP contribution < -0.4 is 10.1 Å². The number of nitrogens with one attached hydrogen (secondary N) is 1. The molecule has 0 aliphatic rings. The van der Waals surface area contributed by atoms with Crippen molar-refractivity contribution >= 4 is 29.0 Å². The summed E-state index contributed by atoms with van der Waals surface area (Å²) in [7, 11) is 0. The van der Waals surface area contributed by atoms with E-state index >= 15 is 0 Å². The van der Waals surface area contributed by atoms with E-state index < -0.39 is 5.97 Å². The molecular formula is C30H30N2O6S. The van der Waals surface area contributed by atoms with Crippen LogP contribution in [0.5, 0.6) is 5.75 Å². The largest absolute Gasteiger partial charge is 0.493 e. The number of carboxylic acids is 1. The Bertz CT molecular complexity index is 1410. The van der Waals surface area contributed by atoms with Gasteiger partial charge in [-0.15, -0.1) is 11.3 Å². The van der Waals surface area contributed by atoms with Gasteiger partial charge in [0.15, 0.2) is 5.78 Å². The normalized spacial score (nSPS) is 10.8. The number of carbonyl (C=O) groups is 3. The highest BCUT2D eigenvalue weighted by molar-refractivity contribution is 7.12. The lowest BCUT2D eigenvalue weighted by Crippen LogP contribution is -2.23. The molecule has 0 bridgehead atoms. The predicted molar refractivity (Wildman–Crippen MR) is 148 cm³/mol. The molecule has 0 aliphatic heterocycles. The Labute approximate surface area is 230 Å². The van der Waals surface area contributed by atoms with Gasteiger partial charge in [0.1, 0.15) is 11.5 Å². The second kappa shape index (κ2) is 13.5. The monoisotopic (exact) mass is 546 g/mol. The van der Waals surface area contributed by atoms with E-state index in [1.165, 1.54) is 11.3 Å². The lowest BCUT2D eigenvalue weighted by molar-refractivity contribution is -0.137. The number of aromatic nitrogens is 1. The molecule has 9 heteroatoms. The average Bonchev–Trinajstić information content (AvgIpc) is 3.61. The van der Waals surface area contributed by atoms with Crippen molar-refractivity contribution in [3.05, 3.63) is 93.5 Å². The fourth-order valence-corrected chi connectivity index (χ4v) is 4.70. The number of aliphatic carboxylic acids is 1. The smallest absolute Gasteiger partial charge is 0.303 e. The summed E-state index contributed by atoms with van der Waals surface area (Å²) in [4.78, 5) is 40.9. The first-order valence-corrected chi connectivity index (χ1v) is 13.6. The highest BCUT2D eigenvalue weighted by Crippen LogP contribution is 2.24. The number of ketones is 1. The van der Waals surface area contributed by atoms with Crippen molar-refractivity contribution in [3.8, 4) is 17.2 Å². The molecule has 2 N–H and O–H groups in total. The summed E-state index contributed by atoms with van der Waals surface area (Å²) >= 11 is 1.36. The Hall–Kier alpha value is -4.24. The van der Waals surface area contributed by atoms with Crippen LogP contribution in [0.4, 0.5) is 0 Å². The molecule has 0 saturated carbocycles. The molecule has 4 aromatic rings. The minimum atomic E-state index is -0.876. The zero-order valence-corrected chi connectivity index (χ0v) is 22.5. The van der Waals surface area contributed by atoms with Gasteiger partial charge < -0.3 is 19.6 Å². The van der Waals surface area contributed by atoms with Crippen LogP contribution in [0.25, 0.3) is 11.5 Å². The Morgan fingerprint density at radius 3 is 2.56 bits per heavy atom. The van der Waals surface area contributed by atoms with Crippen LogP contribution >= 0.6 is 11.3 Å². The summed E-state index contributed by atoms with van der Waals surface area (Å²) in [6, 6.07) is 18.7. The average molecular weight is 547 g/mol. The molecule has 39 heavy (non-hydrogen) atoms. The zero-order valence-electron chi connectivity index (χ0n) is 21.6. The van der Waals surface area contributed by atoms with E-state index in [-0.39, 0.29) is 37.5 Å². The molecule has 1 amide bonds. The van der Waals surface area contributed by atoms with Gasteiger partial charge in [-0.3, -0.25) is 14.4 Å². The van der Waals surface area contributed by atoms with E-state index in [4.69, 9.17) is 14.3 Å². The van der Waals surface area contributed by atoms with Gasteiger partial charge in [0, 0.05) is 43.4 Å². The second-order valence-electron chi connectivity index (χ2n) is 9.00. The number of rotatable bonds is 14. The molecule has 2 aromatic carbocycles. The van der Waals surface area contributed by atoms with E-state index in [9.17, 15) is 14.4 Å². The maximum Gasteiger partial charge on any atom is 0.303 e. The number of nitrogens with zero attached hydrogens (tertiary/aromatic N) is 1. The Morgan fingerprint density at radius 1 is 1.00 bits per heavy atom. The second-order valence-corrected chi connectivity index (χ2v) is 9.95. The van der Waals surface area contributed by atoms with Crippen molar-refractivity contribution in [2.75, 3.05) is 6.61 Å². The third-order valence-corrected chi connectivity index (χ3v) is 7.02. The highest BCUT2D eigenvalue weighted by atomic mass is 32.1. The molecule has 2 aromatic heterocycles. The maximum atomic E-state index is 12.5. The molecule has 0 aliphatic carbocycles. The minimum absolute atomic E-state index is 0.00597. The predicted octanol–water partition coefficient (Wildman–Crippen LogP) is 5.63. The van der Waals surface area contributed by atoms with Gasteiger partial charge in [0.2, 0.25) is 11.8 Å². The number of hydrogen-bond donors (Lipinski definition) is 2. The molecule has 202 valence electrons. The van der Waals surface area contributed by atoms with Crippen molar-refractivity contribution in [1.29, 1.82) is 0 Å². The fraction of sp³-hybridized carbons (Fsp3) is 0.267. The van der Waals surface area contributed by atoms with E-state index in [1.807, 2.05) is 60.8 Å². The number of ether oxygens (including phenoxy) is 1. The Morgan fingerprint density at radius 2 is 1.82 bits per heavy atom. The number of carboxylic acid groups (broad SMARTS) is 1. The SMILES string of the molecule is Cc1oc(-c2ccccc2)nc1CCOc1ccc(CCC(=O)O)cc1CNC(=O)CCC(=O)c1cccs1. The molecular weight excluding hydrogens is 516 g/mol. The summed E-state index contributed by atoms with van der Waals surface area (Å²) in [6.45, 7) is 2.41. The van der Waals surface area contributed by atoms with Crippen molar-refractivity contribution in [1.82, 2.24) is 10.3 Å².